The third-order valence-electron chi connectivity index (χ3n) is 3.91. The van der Waals surface area contributed by atoms with Crippen LogP contribution in [0.1, 0.15) is 24.2 Å². The van der Waals surface area contributed by atoms with Crippen LogP contribution in [0.2, 0.25) is 0 Å². The monoisotopic (exact) mass is 321 g/mol. The second-order valence-corrected chi connectivity index (χ2v) is 6.13. The lowest BCUT2D eigenvalue weighted by Gasteiger charge is -2.35. The third-order valence-corrected chi connectivity index (χ3v) is 3.91. The summed E-state index contributed by atoms with van der Waals surface area (Å²) < 4.78 is 4.96. The van der Waals surface area contributed by atoms with Gasteiger partial charge in [-0.2, -0.15) is 0 Å². The zero-order valence-corrected chi connectivity index (χ0v) is 13.8. The van der Waals surface area contributed by atoms with E-state index in [1.165, 1.54) is 19.2 Å². The van der Waals surface area contributed by atoms with Crippen molar-refractivity contribution in [3.8, 4) is 5.75 Å². The second-order valence-electron chi connectivity index (χ2n) is 6.13. The van der Waals surface area contributed by atoms with E-state index in [0.717, 1.165) is 19.6 Å². The predicted octanol–water partition coefficient (Wildman–Crippen LogP) is 2.02. The fourth-order valence-corrected chi connectivity index (χ4v) is 2.80. The highest BCUT2D eigenvalue weighted by Gasteiger charge is 2.25. The van der Waals surface area contributed by atoms with Crippen LogP contribution in [0.3, 0.4) is 0 Å². The van der Waals surface area contributed by atoms with Crippen molar-refractivity contribution in [3.63, 3.8) is 0 Å². The molecule has 0 atom stereocenters. The summed E-state index contributed by atoms with van der Waals surface area (Å²) in [6.07, 6.45) is 0. The molecule has 2 rings (SSSR count). The van der Waals surface area contributed by atoms with Gasteiger partial charge in [0.2, 0.25) is 0 Å². The van der Waals surface area contributed by atoms with E-state index in [2.05, 4.69) is 18.7 Å². The van der Waals surface area contributed by atoms with Gasteiger partial charge in [-0.3, -0.25) is 19.8 Å². The Morgan fingerprint density at radius 3 is 2.48 bits per heavy atom. The molecule has 1 aliphatic rings. The first-order valence-corrected chi connectivity index (χ1v) is 7.76. The van der Waals surface area contributed by atoms with Crippen molar-refractivity contribution in [2.45, 2.75) is 13.8 Å². The average Bonchev–Trinajstić information content (AvgIpc) is 2.53. The molecule has 0 saturated carbocycles. The van der Waals surface area contributed by atoms with Gasteiger partial charge in [0.25, 0.3) is 5.91 Å². The Balaban J connectivity index is 2.07. The van der Waals surface area contributed by atoms with Gasteiger partial charge in [0, 0.05) is 44.4 Å². The number of hydrogen-bond acceptors (Lipinski definition) is 5. The fourth-order valence-electron chi connectivity index (χ4n) is 2.80. The number of nitro groups is 1. The van der Waals surface area contributed by atoms with Gasteiger partial charge in [0.1, 0.15) is 0 Å². The van der Waals surface area contributed by atoms with E-state index in [-0.39, 0.29) is 17.3 Å². The first kappa shape index (κ1) is 17.2. The van der Waals surface area contributed by atoms with E-state index in [4.69, 9.17) is 4.74 Å². The maximum atomic E-state index is 12.5. The molecule has 1 saturated heterocycles. The molecule has 1 fully saturated rings. The molecular weight excluding hydrogens is 298 g/mol. The van der Waals surface area contributed by atoms with Crippen molar-refractivity contribution in [1.82, 2.24) is 9.80 Å². The molecule has 1 heterocycles. The molecule has 0 N–H and O–H groups in total. The minimum absolute atomic E-state index is 0.160. The summed E-state index contributed by atoms with van der Waals surface area (Å²) in [7, 11) is 1.37. The average molecular weight is 321 g/mol. The van der Waals surface area contributed by atoms with Gasteiger partial charge in [-0.05, 0) is 18.1 Å². The van der Waals surface area contributed by atoms with Crippen molar-refractivity contribution >= 4 is 11.6 Å². The van der Waals surface area contributed by atoms with Crippen LogP contribution in [0.4, 0.5) is 5.69 Å². The molecule has 0 bridgehead atoms. The summed E-state index contributed by atoms with van der Waals surface area (Å²) >= 11 is 0. The van der Waals surface area contributed by atoms with Gasteiger partial charge in [-0.25, -0.2) is 0 Å². The number of rotatable bonds is 5. The Morgan fingerprint density at radius 2 is 1.96 bits per heavy atom. The van der Waals surface area contributed by atoms with Crippen molar-refractivity contribution in [1.29, 1.82) is 0 Å². The van der Waals surface area contributed by atoms with E-state index >= 15 is 0 Å². The molecule has 1 aromatic carbocycles. The molecule has 0 unspecified atom stereocenters. The van der Waals surface area contributed by atoms with E-state index < -0.39 is 4.92 Å². The highest BCUT2D eigenvalue weighted by atomic mass is 16.6. The molecule has 23 heavy (non-hydrogen) atoms. The third kappa shape index (κ3) is 4.19. The van der Waals surface area contributed by atoms with Crippen LogP contribution in [0.25, 0.3) is 0 Å². The van der Waals surface area contributed by atoms with Crippen LogP contribution in [0.5, 0.6) is 5.75 Å². The number of hydrogen-bond donors (Lipinski definition) is 0. The summed E-state index contributed by atoms with van der Waals surface area (Å²) in [4.78, 5) is 27.2. The summed E-state index contributed by atoms with van der Waals surface area (Å²) in [6, 6.07) is 4.34. The quantitative estimate of drug-likeness (QED) is 0.612. The zero-order valence-electron chi connectivity index (χ0n) is 13.8. The molecule has 0 aliphatic carbocycles. The number of ether oxygens (including phenoxy) is 1. The number of methoxy groups -OCH3 is 1. The smallest absolute Gasteiger partial charge is 0.311 e. The topological polar surface area (TPSA) is 75.9 Å². The van der Waals surface area contributed by atoms with Crippen molar-refractivity contribution in [2.75, 3.05) is 39.8 Å². The Labute approximate surface area is 136 Å². The lowest BCUT2D eigenvalue weighted by Crippen LogP contribution is -2.49. The Kier molecular flexibility index (Phi) is 5.54. The molecule has 1 aliphatic heterocycles. The summed E-state index contributed by atoms with van der Waals surface area (Å²) in [6.45, 7) is 8.33. The molecule has 0 aromatic heterocycles. The van der Waals surface area contributed by atoms with Gasteiger partial charge in [0.05, 0.1) is 12.0 Å². The molecule has 1 amide bonds. The number of piperazine rings is 1. The summed E-state index contributed by atoms with van der Waals surface area (Å²) in [5.41, 5.74) is 0.145. The number of amides is 1. The molecule has 1 aromatic rings. The summed E-state index contributed by atoms with van der Waals surface area (Å²) in [5, 5.41) is 11.1. The maximum Gasteiger partial charge on any atom is 0.311 e. The second kappa shape index (κ2) is 7.41. The van der Waals surface area contributed by atoms with Crippen LogP contribution >= 0.6 is 0 Å². The molecule has 0 spiro atoms. The van der Waals surface area contributed by atoms with Gasteiger partial charge < -0.3 is 9.64 Å². The van der Waals surface area contributed by atoms with Crippen LogP contribution in [-0.4, -0.2) is 60.5 Å². The van der Waals surface area contributed by atoms with Crippen LogP contribution in [-0.2, 0) is 0 Å². The van der Waals surface area contributed by atoms with Crippen molar-refractivity contribution in [2.24, 2.45) is 5.92 Å². The van der Waals surface area contributed by atoms with Crippen LogP contribution < -0.4 is 4.74 Å². The number of carbonyl (C=O) groups is 1. The largest absolute Gasteiger partial charge is 0.490 e. The molecule has 0 radical (unpaired) electrons. The van der Waals surface area contributed by atoms with Crippen molar-refractivity contribution in [3.05, 3.63) is 33.9 Å². The number of nitro benzene ring substituents is 1. The lowest BCUT2D eigenvalue weighted by molar-refractivity contribution is -0.385. The van der Waals surface area contributed by atoms with E-state index in [1.807, 2.05) is 0 Å². The van der Waals surface area contributed by atoms with E-state index in [9.17, 15) is 14.9 Å². The predicted molar refractivity (Wildman–Crippen MR) is 86.8 cm³/mol. The lowest BCUT2D eigenvalue weighted by atomic mass is 10.1. The normalized spacial score (nSPS) is 15.7. The molecule has 126 valence electrons. The Bertz CT molecular complexity index is 581. The molecular formula is C16H23N3O4. The highest BCUT2D eigenvalue weighted by molar-refractivity contribution is 5.95. The minimum Gasteiger partial charge on any atom is -0.490 e. The van der Waals surface area contributed by atoms with Crippen LogP contribution in [0, 0.1) is 16.0 Å². The Hall–Kier alpha value is -2.15. The molecule has 7 heteroatoms. The van der Waals surface area contributed by atoms with E-state index in [0.29, 0.717) is 24.6 Å². The zero-order chi connectivity index (χ0) is 17.0. The van der Waals surface area contributed by atoms with Gasteiger partial charge in [-0.1, -0.05) is 13.8 Å². The fraction of sp³-hybridized carbons (Fsp3) is 0.562. The van der Waals surface area contributed by atoms with Crippen LogP contribution in [0.15, 0.2) is 18.2 Å². The number of benzene rings is 1. The minimum atomic E-state index is -0.532. The van der Waals surface area contributed by atoms with Crippen molar-refractivity contribution < 1.29 is 14.5 Å². The first-order chi connectivity index (χ1) is 10.9. The number of nitrogens with zero attached hydrogens (tertiary/aromatic N) is 3. The van der Waals surface area contributed by atoms with E-state index in [1.54, 1.807) is 11.0 Å². The standard InChI is InChI=1S/C16H23N3O4/c1-12(2)11-17-6-8-18(9-7-17)16(20)13-4-5-15(23-3)14(10-13)19(21)22/h4-5,10,12H,6-9,11H2,1-3H3. The first-order valence-electron chi connectivity index (χ1n) is 7.76. The maximum absolute atomic E-state index is 12.5. The number of carbonyl (C=O) groups excluding carboxylic acids is 1. The van der Waals surface area contributed by atoms with Gasteiger partial charge in [0.15, 0.2) is 5.75 Å². The SMILES string of the molecule is COc1ccc(C(=O)N2CCN(CC(C)C)CC2)cc1[N+](=O)[O-]. The molecule has 7 nitrogen and oxygen atoms in total. The Morgan fingerprint density at radius 1 is 1.30 bits per heavy atom. The summed E-state index contributed by atoms with van der Waals surface area (Å²) in [5.74, 6) is 0.592. The van der Waals surface area contributed by atoms with Gasteiger partial charge in [-0.15, -0.1) is 0 Å². The van der Waals surface area contributed by atoms with Gasteiger partial charge >= 0.3 is 5.69 Å². The highest BCUT2D eigenvalue weighted by Crippen LogP contribution is 2.28.